The summed E-state index contributed by atoms with van der Waals surface area (Å²) in [5.74, 6) is -2.83. The third-order valence-electron chi connectivity index (χ3n) is 3.66. The van der Waals surface area contributed by atoms with Crippen LogP contribution in [0.4, 0.5) is 8.78 Å². The average molecular weight is 283 g/mol. The second-order valence-corrected chi connectivity index (χ2v) is 5.31. The number of carbonyl (C=O) groups excluding carboxylic acids is 1. The zero-order valence-corrected chi connectivity index (χ0v) is 10.7. The molecule has 0 heterocycles. The predicted octanol–water partition coefficient (Wildman–Crippen LogP) is 1.66. The highest BCUT2D eigenvalue weighted by Gasteiger charge is 2.50. The molecule has 1 aromatic carbocycles. The molecule has 0 bridgehead atoms. The van der Waals surface area contributed by atoms with Gasteiger partial charge in [0.15, 0.2) is 0 Å². The standard InChI is InChI=1S/C14H15F2NO3/c15-9-3-8(4-10(16)6-9)5-12(18)14(1-2-14)7-11(17)13(19)20/h3-4,6,11H,1-2,5,7,17H2,(H,19,20). The number of carboxylic acids is 1. The normalized spacial score (nSPS) is 17.6. The molecule has 1 saturated carbocycles. The monoisotopic (exact) mass is 283 g/mol. The van der Waals surface area contributed by atoms with Crippen molar-refractivity contribution in [1.82, 2.24) is 0 Å². The number of nitrogens with two attached hydrogens (primary N) is 1. The molecule has 0 aliphatic heterocycles. The van der Waals surface area contributed by atoms with Crippen LogP contribution in [0.15, 0.2) is 18.2 Å². The van der Waals surface area contributed by atoms with Gasteiger partial charge in [0, 0.05) is 17.9 Å². The molecule has 1 aliphatic carbocycles. The van der Waals surface area contributed by atoms with Crippen molar-refractivity contribution in [2.75, 3.05) is 0 Å². The Hall–Kier alpha value is -1.82. The summed E-state index contributed by atoms with van der Waals surface area (Å²) < 4.78 is 26.1. The molecule has 1 aromatic rings. The van der Waals surface area contributed by atoms with Crippen LogP contribution < -0.4 is 5.73 Å². The fourth-order valence-corrected chi connectivity index (χ4v) is 2.34. The molecule has 0 radical (unpaired) electrons. The summed E-state index contributed by atoms with van der Waals surface area (Å²) in [6, 6.07) is 1.86. The maximum Gasteiger partial charge on any atom is 0.320 e. The van der Waals surface area contributed by atoms with Crippen molar-refractivity contribution < 1.29 is 23.5 Å². The number of aliphatic carboxylic acids is 1. The largest absolute Gasteiger partial charge is 0.480 e. The second kappa shape index (κ2) is 5.28. The zero-order valence-electron chi connectivity index (χ0n) is 10.7. The Morgan fingerprint density at radius 2 is 1.80 bits per heavy atom. The molecule has 2 rings (SSSR count). The van der Waals surface area contributed by atoms with E-state index in [9.17, 15) is 18.4 Å². The fourth-order valence-electron chi connectivity index (χ4n) is 2.34. The van der Waals surface area contributed by atoms with Crippen molar-refractivity contribution in [3.63, 3.8) is 0 Å². The molecule has 0 saturated heterocycles. The van der Waals surface area contributed by atoms with Gasteiger partial charge in [-0.3, -0.25) is 9.59 Å². The second-order valence-electron chi connectivity index (χ2n) is 5.31. The number of benzene rings is 1. The van der Waals surface area contributed by atoms with E-state index in [0.29, 0.717) is 12.8 Å². The summed E-state index contributed by atoms with van der Waals surface area (Å²) in [6.45, 7) is 0. The van der Waals surface area contributed by atoms with E-state index in [4.69, 9.17) is 10.8 Å². The molecule has 6 heteroatoms. The van der Waals surface area contributed by atoms with Crippen LogP contribution in [-0.2, 0) is 16.0 Å². The van der Waals surface area contributed by atoms with Crippen LogP contribution in [0, 0.1) is 17.0 Å². The molecule has 0 aromatic heterocycles. The smallest absolute Gasteiger partial charge is 0.320 e. The van der Waals surface area contributed by atoms with Crippen LogP contribution in [0.2, 0.25) is 0 Å². The quantitative estimate of drug-likeness (QED) is 0.832. The summed E-state index contributed by atoms with van der Waals surface area (Å²) >= 11 is 0. The van der Waals surface area contributed by atoms with E-state index in [0.717, 1.165) is 18.2 Å². The topological polar surface area (TPSA) is 80.4 Å². The van der Waals surface area contributed by atoms with E-state index in [1.54, 1.807) is 0 Å². The van der Waals surface area contributed by atoms with Gasteiger partial charge in [0.1, 0.15) is 23.5 Å². The van der Waals surface area contributed by atoms with Crippen molar-refractivity contribution in [3.05, 3.63) is 35.4 Å². The molecule has 1 fully saturated rings. The summed E-state index contributed by atoms with van der Waals surface area (Å²) in [7, 11) is 0. The van der Waals surface area contributed by atoms with Gasteiger partial charge < -0.3 is 10.8 Å². The van der Waals surface area contributed by atoms with E-state index >= 15 is 0 Å². The number of Topliss-reactive ketones (excluding diaryl/α,β-unsaturated/α-hetero) is 1. The van der Waals surface area contributed by atoms with Crippen molar-refractivity contribution in [1.29, 1.82) is 0 Å². The minimum Gasteiger partial charge on any atom is -0.480 e. The van der Waals surface area contributed by atoms with Gasteiger partial charge in [-0.05, 0) is 37.0 Å². The molecular formula is C14H15F2NO3. The summed E-state index contributed by atoms with van der Waals surface area (Å²) in [5.41, 5.74) is 4.97. The molecule has 1 unspecified atom stereocenters. The Labute approximate surface area is 114 Å². The molecular weight excluding hydrogens is 268 g/mol. The Morgan fingerprint density at radius 3 is 2.25 bits per heavy atom. The zero-order chi connectivity index (χ0) is 14.9. The van der Waals surface area contributed by atoms with E-state index in [1.165, 1.54) is 0 Å². The minimum absolute atomic E-state index is 0.0684. The minimum atomic E-state index is -1.15. The maximum absolute atomic E-state index is 13.1. The highest BCUT2D eigenvalue weighted by atomic mass is 19.1. The third-order valence-corrected chi connectivity index (χ3v) is 3.66. The maximum atomic E-state index is 13.1. The van der Waals surface area contributed by atoms with Gasteiger partial charge in [-0.25, -0.2) is 8.78 Å². The van der Waals surface area contributed by atoms with E-state index in [-0.39, 0.29) is 24.2 Å². The van der Waals surface area contributed by atoms with Gasteiger partial charge >= 0.3 is 5.97 Å². The molecule has 108 valence electrons. The van der Waals surface area contributed by atoms with Crippen LogP contribution in [0.3, 0.4) is 0 Å². The Morgan fingerprint density at radius 1 is 1.25 bits per heavy atom. The third kappa shape index (κ3) is 3.19. The molecule has 20 heavy (non-hydrogen) atoms. The first-order valence-electron chi connectivity index (χ1n) is 6.29. The molecule has 1 atom stereocenters. The van der Waals surface area contributed by atoms with Crippen LogP contribution in [0.25, 0.3) is 0 Å². The summed E-state index contributed by atoms with van der Waals surface area (Å²) in [4.78, 5) is 22.9. The molecule has 0 spiro atoms. The average Bonchev–Trinajstić information content (AvgIpc) is 3.08. The number of carbonyl (C=O) groups is 2. The number of ketones is 1. The highest BCUT2D eigenvalue weighted by molar-refractivity contribution is 5.90. The number of hydrogen-bond donors (Lipinski definition) is 2. The van der Waals surface area contributed by atoms with Gasteiger partial charge in [-0.15, -0.1) is 0 Å². The van der Waals surface area contributed by atoms with Crippen molar-refractivity contribution in [3.8, 4) is 0 Å². The number of hydrogen-bond acceptors (Lipinski definition) is 3. The first-order valence-corrected chi connectivity index (χ1v) is 6.29. The summed E-state index contributed by atoms with van der Waals surface area (Å²) in [6.07, 6.45) is 1.11. The summed E-state index contributed by atoms with van der Waals surface area (Å²) in [5, 5.41) is 8.78. The number of rotatable bonds is 6. The van der Waals surface area contributed by atoms with E-state index in [1.807, 2.05) is 0 Å². The van der Waals surface area contributed by atoms with Gasteiger partial charge in [-0.2, -0.15) is 0 Å². The lowest BCUT2D eigenvalue weighted by Gasteiger charge is -2.16. The van der Waals surface area contributed by atoms with Gasteiger partial charge in [0.25, 0.3) is 0 Å². The van der Waals surface area contributed by atoms with Gasteiger partial charge in [0.05, 0.1) is 0 Å². The van der Waals surface area contributed by atoms with Gasteiger partial charge in [-0.1, -0.05) is 0 Å². The lowest BCUT2D eigenvalue weighted by atomic mass is 9.89. The Balaban J connectivity index is 2.06. The van der Waals surface area contributed by atoms with E-state index in [2.05, 4.69) is 0 Å². The number of carboxylic acid groups (broad SMARTS) is 1. The Kier molecular flexibility index (Phi) is 3.85. The van der Waals surface area contributed by atoms with Crippen LogP contribution in [-0.4, -0.2) is 22.9 Å². The van der Waals surface area contributed by atoms with Crippen LogP contribution >= 0.6 is 0 Å². The Bertz CT molecular complexity index is 535. The van der Waals surface area contributed by atoms with Crippen molar-refractivity contribution >= 4 is 11.8 Å². The van der Waals surface area contributed by atoms with Crippen molar-refractivity contribution in [2.24, 2.45) is 11.1 Å². The van der Waals surface area contributed by atoms with Crippen molar-refractivity contribution in [2.45, 2.75) is 31.7 Å². The lowest BCUT2D eigenvalue weighted by Crippen LogP contribution is -2.35. The molecule has 0 amide bonds. The lowest BCUT2D eigenvalue weighted by molar-refractivity contribution is -0.139. The molecule has 3 N–H and O–H groups in total. The first-order chi connectivity index (χ1) is 9.32. The first kappa shape index (κ1) is 14.6. The SMILES string of the molecule is NC(CC1(C(=O)Cc2cc(F)cc(F)c2)CC1)C(=O)O. The van der Waals surface area contributed by atoms with Crippen LogP contribution in [0.1, 0.15) is 24.8 Å². The van der Waals surface area contributed by atoms with Crippen LogP contribution in [0.5, 0.6) is 0 Å². The van der Waals surface area contributed by atoms with E-state index < -0.39 is 29.1 Å². The predicted molar refractivity (Wildman–Crippen MR) is 67.0 cm³/mol. The number of halogens is 2. The van der Waals surface area contributed by atoms with Gasteiger partial charge in [0.2, 0.25) is 0 Å². The fraction of sp³-hybridized carbons (Fsp3) is 0.429. The highest BCUT2D eigenvalue weighted by Crippen LogP contribution is 2.50. The molecule has 1 aliphatic rings. The molecule has 4 nitrogen and oxygen atoms in total.